The monoisotopic (exact) mass is 1050 g/mol. The Bertz CT molecular complexity index is 2460. The number of ether oxygens (including phenoxy) is 3. The number of hydrogen-bond acceptors (Lipinski definition) is 12. The van der Waals surface area contributed by atoms with Gasteiger partial charge in [0, 0.05) is 37.4 Å². The van der Waals surface area contributed by atoms with Crippen molar-refractivity contribution in [3.63, 3.8) is 0 Å². The molecule has 0 aliphatic heterocycles. The second-order valence-electron chi connectivity index (χ2n) is 18.2. The first-order valence-corrected chi connectivity index (χ1v) is 28.1. The van der Waals surface area contributed by atoms with Crippen molar-refractivity contribution >= 4 is 64.6 Å². The minimum Gasteiger partial charge on any atom is -0.442 e. The number of alkyl carbamates (subject to hydrolysis) is 1. The molecule has 0 saturated carbocycles. The van der Waals surface area contributed by atoms with Crippen LogP contribution in [0, 0.1) is 11.8 Å². The number of methoxy groups -OCH3 is 1. The predicted molar refractivity (Wildman–Crippen MR) is 300 cm³/mol. The number of amides is 2. The Morgan fingerprint density at radius 3 is 2.12 bits per heavy atom. The van der Waals surface area contributed by atoms with E-state index in [1.165, 1.54) is 0 Å². The number of hydrogen-bond donors (Lipinski definition) is 2. The van der Waals surface area contributed by atoms with Crippen molar-refractivity contribution in [2.75, 3.05) is 38.2 Å². The Labute approximate surface area is 447 Å². The molecular formula is C59H77N4O9S2+. The van der Waals surface area contributed by atoms with Gasteiger partial charge in [0.2, 0.25) is 12.2 Å². The van der Waals surface area contributed by atoms with Gasteiger partial charge in [-0.05, 0) is 166 Å². The van der Waals surface area contributed by atoms with Crippen LogP contribution < -0.4 is 10.6 Å². The maximum Gasteiger partial charge on any atom is 0.412 e. The number of carbonyl (C=O) groups is 2. The molecule has 0 bridgehead atoms. The standard InChI is InChI=1S/C59H76N4O9S2/c1-8-58(9-2,71-56(66)62-53-30-19-26-49(42-53)38-47-24-17-28-51(40-47)60-44-64)34-15-12-13-22-46(33-37-73-36-21-32-55(68-5)74(69-6)70-7)23-14-16-35-59(10-3,11-4)72-57(67)63-54-31-20-27-50(43-54)39-48-25-18-29-52(41-48)61-45-65/h12,14,16-20,24-31,34,40-42,46,50,55H,8-11,13,21-23,32-33,35-39,43H2,1-7H3,(H-,62,63,66,67)/p+1/b16-14+. The van der Waals surface area contributed by atoms with Gasteiger partial charge in [-0.1, -0.05) is 88.4 Å². The highest BCUT2D eigenvalue weighted by Crippen LogP contribution is 2.30. The van der Waals surface area contributed by atoms with Gasteiger partial charge in [-0.3, -0.25) is 10.6 Å². The van der Waals surface area contributed by atoms with Gasteiger partial charge < -0.3 is 14.2 Å². The van der Waals surface area contributed by atoms with Gasteiger partial charge in [0.25, 0.3) is 5.44 Å². The highest BCUT2D eigenvalue weighted by molar-refractivity contribution is 7.99. The summed E-state index contributed by atoms with van der Waals surface area (Å²) in [6, 6.07) is 22.5. The number of thioether (sulfide) groups is 1. The molecule has 3 atom stereocenters. The highest BCUT2D eigenvalue weighted by Gasteiger charge is 2.34. The molecule has 0 heterocycles. The van der Waals surface area contributed by atoms with Crippen LogP contribution in [0.3, 0.4) is 0 Å². The lowest BCUT2D eigenvalue weighted by atomic mass is 9.91. The molecule has 1 aliphatic carbocycles. The summed E-state index contributed by atoms with van der Waals surface area (Å²) in [5, 5.41) is 5.94. The maximum atomic E-state index is 13.4. The number of rotatable bonds is 33. The average Bonchev–Trinajstić information content (AvgIpc) is 3.40. The number of benzene rings is 3. The smallest absolute Gasteiger partial charge is 0.412 e. The summed E-state index contributed by atoms with van der Waals surface area (Å²) in [5.41, 5.74) is 7.35. The largest absolute Gasteiger partial charge is 0.442 e. The van der Waals surface area contributed by atoms with Crippen LogP contribution in [0.4, 0.5) is 26.7 Å². The first kappa shape index (κ1) is 60.8. The van der Waals surface area contributed by atoms with Crippen molar-refractivity contribution in [3.05, 3.63) is 143 Å². The van der Waals surface area contributed by atoms with E-state index in [4.69, 9.17) is 22.6 Å². The van der Waals surface area contributed by atoms with E-state index in [1.54, 1.807) is 45.6 Å². The molecule has 13 nitrogen and oxygen atoms in total. The molecule has 2 amide bonds. The van der Waals surface area contributed by atoms with E-state index in [0.29, 0.717) is 67.9 Å². The highest BCUT2D eigenvalue weighted by atomic mass is 32.2. The average molecular weight is 1050 g/mol. The van der Waals surface area contributed by atoms with Crippen LogP contribution in [0.2, 0.25) is 0 Å². The second-order valence-corrected chi connectivity index (χ2v) is 21.2. The molecule has 0 fully saturated rings. The molecule has 0 aromatic heterocycles. The number of aliphatic imine (C=N–C) groups is 2. The van der Waals surface area contributed by atoms with Crippen LogP contribution in [0.1, 0.15) is 121 Å². The first-order chi connectivity index (χ1) is 36.0. The Morgan fingerprint density at radius 2 is 1.46 bits per heavy atom. The number of allylic oxidation sites excluding steroid dienone is 5. The van der Waals surface area contributed by atoms with Crippen LogP contribution in [-0.4, -0.2) is 73.8 Å². The van der Waals surface area contributed by atoms with Gasteiger partial charge in [0.1, 0.15) is 11.2 Å². The predicted octanol–water partition coefficient (Wildman–Crippen LogP) is 14.4. The minimum absolute atomic E-state index is 0.0966. The molecule has 0 radical (unpaired) electrons. The van der Waals surface area contributed by atoms with Gasteiger partial charge in [-0.25, -0.2) is 19.2 Å². The van der Waals surface area contributed by atoms with E-state index < -0.39 is 34.8 Å². The van der Waals surface area contributed by atoms with Crippen LogP contribution >= 0.6 is 11.8 Å². The van der Waals surface area contributed by atoms with Gasteiger partial charge in [0.15, 0.2) is 0 Å². The number of anilines is 1. The Hall–Kier alpha value is -5.72. The molecule has 3 aromatic rings. The van der Waals surface area contributed by atoms with E-state index in [2.05, 4.69) is 58.4 Å². The SMILES string of the molecule is CCC(C=C=CCCC(C/C=C/CC(CC)(CC)OC(=O)NC1=CC=CC(Cc2cccc(N=C=O)c2)C1)CCSCCCC(OC)[S+](OC)OC)(CC)OC(=O)Nc1cccc(Cc2cccc(N=C=O)c2)c1. The molecule has 4 rings (SSSR count). The lowest BCUT2D eigenvalue weighted by Gasteiger charge is -2.31. The lowest BCUT2D eigenvalue weighted by molar-refractivity contribution is 0.00794. The van der Waals surface area contributed by atoms with Gasteiger partial charge in [-0.15, -0.1) is 14.1 Å². The van der Waals surface area contributed by atoms with Gasteiger partial charge in [0.05, 0.1) is 25.6 Å². The maximum absolute atomic E-state index is 13.4. The summed E-state index contributed by atoms with van der Waals surface area (Å²) in [7, 11) is 4.98. The van der Waals surface area contributed by atoms with Gasteiger partial charge in [-0.2, -0.15) is 21.7 Å². The third-order valence-corrected chi connectivity index (χ3v) is 15.9. The van der Waals surface area contributed by atoms with Crippen LogP contribution in [0.15, 0.2) is 137 Å². The van der Waals surface area contributed by atoms with Crippen LogP contribution in [-0.2, 0) is 56.5 Å². The van der Waals surface area contributed by atoms with Crippen molar-refractivity contribution in [1.82, 2.24) is 5.32 Å². The van der Waals surface area contributed by atoms with E-state index >= 15 is 0 Å². The molecule has 0 saturated heterocycles. The van der Waals surface area contributed by atoms with E-state index in [9.17, 15) is 19.2 Å². The molecule has 74 heavy (non-hydrogen) atoms. The van der Waals surface area contributed by atoms with Crippen molar-refractivity contribution in [1.29, 1.82) is 0 Å². The fraction of sp³-hybridized carbons (Fsp3) is 0.475. The third kappa shape index (κ3) is 21.6. The summed E-state index contributed by atoms with van der Waals surface area (Å²) < 4.78 is 28.9. The summed E-state index contributed by atoms with van der Waals surface area (Å²) in [6.45, 7) is 8.13. The fourth-order valence-corrected chi connectivity index (χ4v) is 10.9. The molecule has 3 unspecified atom stereocenters. The minimum atomic E-state index is -0.829. The zero-order chi connectivity index (χ0) is 53.4. The quantitative estimate of drug-likeness (QED) is 0.0150. The zero-order valence-electron chi connectivity index (χ0n) is 44.4. The fourth-order valence-electron chi connectivity index (χ4n) is 8.77. The van der Waals surface area contributed by atoms with Crippen LogP contribution in [0.25, 0.3) is 0 Å². The summed E-state index contributed by atoms with van der Waals surface area (Å²) in [5.74, 6) is 2.60. The Kier molecular flexibility index (Phi) is 27.9. The second kappa shape index (κ2) is 34.0. The van der Waals surface area contributed by atoms with E-state index in [0.717, 1.165) is 78.8 Å². The molecule has 3 aromatic carbocycles. The molecule has 15 heteroatoms. The number of nitrogens with one attached hydrogen (secondary N) is 2. The van der Waals surface area contributed by atoms with Crippen molar-refractivity contribution < 1.29 is 41.8 Å². The third-order valence-electron chi connectivity index (χ3n) is 13.3. The van der Waals surface area contributed by atoms with E-state index in [-0.39, 0.29) is 11.4 Å². The van der Waals surface area contributed by atoms with Crippen molar-refractivity contribution in [2.45, 2.75) is 134 Å². The summed E-state index contributed by atoms with van der Waals surface area (Å²) in [4.78, 5) is 55.7. The first-order valence-electron chi connectivity index (χ1n) is 25.8. The zero-order valence-corrected chi connectivity index (χ0v) is 46.0. The molecule has 2 N–H and O–H groups in total. The molecule has 398 valence electrons. The van der Waals surface area contributed by atoms with Crippen molar-refractivity contribution in [2.24, 2.45) is 21.8 Å². The molecule has 0 spiro atoms. The van der Waals surface area contributed by atoms with Crippen LogP contribution in [0.5, 0.6) is 0 Å². The van der Waals surface area contributed by atoms with Crippen molar-refractivity contribution in [3.8, 4) is 0 Å². The number of nitrogens with zero attached hydrogens (tertiary/aromatic N) is 2. The molecular weight excluding hydrogens is 973 g/mol. The normalized spacial score (nSPS) is 14.2. The summed E-state index contributed by atoms with van der Waals surface area (Å²) >= 11 is 1.26. The lowest BCUT2D eigenvalue weighted by Crippen LogP contribution is -2.38. The Morgan fingerprint density at radius 1 is 0.797 bits per heavy atom. The van der Waals surface area contributed by atoms with E-state index in [1.807, 2.05) is 111 Å². The number of carbonyl (C=O) groups excluding carboxylic acids is 4. The Balaban J connectivity index is 1.35. The summed E-state index contributed by atoms with van der Waals surface area (Å²) in [6.07, 6.45) is 27.2. The topological polar surface area (TPSA) is 163 Å². The molecule has 1 aliphatic rings. The van der Waals surface area contributed by atoms with Gasteiger partial charge >= 0.3 is 23.6 Å². The number of isocyanates is 2.